The molecule has 0 bridgehead atoms. The molecule has 6 heteroatoms. The number of hydrogen-bond donors (Lipinski definition) is 2. The van der Waals surface area contributed by atoms with E-state index in [1.54, 1.807) is 12.5 Å². The molecule has 0 spiro atoms. The molecule has 1 aliphatic heterocycles. The number of aryl methyl sites for hydroxylation is 2. The van der Waals surface area contributed by atoms with Crippen molar-refractivity contribution in [2.45, 2.75) is 52.7 Å². The number of aliphatic hydroxyl groups is 1. The van der Waals surface area contributed by atoms with Gasteiger partial charge in [-0.2, -0.15) is 5.10 Å². The van der Waals surface area contributed by atoms with Gasteiger partial charge in [-0.1, -0.05) is 38.5 Å². The zero-order chi connectivity index (χ0) is 22.0. The van der Waals surface area contributed by atoms with Crippen LogP contribution in [-0.4, -0.2) is 14.9 Å². The van der Waals surface area contributed by atoms with E-state index in [4.69, 9.17) is 15.2 Å². The molecule has 0 amide bonds. The summed E-state index contributed by atoms with van der Waals surface area (Å²) in [5.41, 5.74) is 15.5. The third-order valence-electron chi connectivity index (χ3n) is 5.91. The predicted molar refractivity (Wildman–Crippen MR) is 128 cm³/mol. The Morgan fingerprint density at radius 3 is 2.61 bits per heavy atom. The molecular formula is C25H28BrN3O2. The van der Waals surface area contributed by atoms with Crippen LogP contribution in [0.25, 0.3) is 22.3 Å². The van der Waals surface area contributed by atoms with Gasteiger partial charge >= 0.3 is 0 Å². The molecule has 1 aliphatic carbocycles. The van der Waals surface area contributed by atoms with E-state index in [0.29, 0.717) is 6.42 Å². The average Bonchev–Trinajstić information content (AvgIpc) is 3.27. The number of para-hydroxylation sites is 1. The van der Waals surface area contributed by atoms with Crippen molar-refractivity contribution in [3.63, 3.8) is 0 Å². The smallest absolute Gasteiger partial charge is 0.0991 e. The molecule has 1 aromatic heterocycles. The van der Waals surface area contributed by atoms with E-state index in [9.17, 15) is 5.11 Å². The molecule has 2 aromatic rings. The van der Waals surface area contributed by atoms with Crippen LogP contribution >= 0.6 is 15.9 Å². The van der Waals surface area contributed by atoms with Crippen LogP contribution in [0.3, 0.4) is 0 Å². The Bertz CT molecular complexity index is 1160. The highest BCUT2D eigenvalue weighted by Crippen LogP contribution is 2.48. The Balaban J connectivity index is 1.92. The maximum absolute atomic E-state index is 10.2. The first-order chi connectivity index (χ1) is 15.1. The highest BCUT2D eigenvalue weighted by atomic mass is 79.9. The first kappa shape index (κ1) is 21.7. The minimum atomic E-state index is -0.0238. The number of hydrogen-bond acceptors (Lipinski definition) is 4. The fourth-order valence-electron chi connectivity index (χ4n) is 4.32. The number of fused-ring (bicyclic) bond motifs is 1. The maximum Gasteiger partial charge on any atom is 0.0991 e. The molecular weight excluding hydrogens is 454 g/mol. The van der Waals surface area contributed by atoms with E-state index in [0.717, 1.165) is 80.7 Å². The number of rotatable bonds is 8. The van der Waals surface area contributed by atoms with Gasteiger partial charge in [0, 0.05) is 45.4 Å². The van der Waals surface area contributed by atoms with Crippen LogP contribution in [0.2, 0.25) is 0 Å². The van der Waals surface area contributed by atoms with Gasteiger partial charge < -0.3 is 15.3 Å². The molecule has 4 rings (SSSR count). The number of aromatic nitrogens is 2. The van der Waals surface area contributed by atoms with Gasteiger partial charge in [-0.05, 0) is 52.0 Å². The van der Waals surface area contributed by atoms with Gasteiger partial charge in [-0.15, -0.1) is 0 Å². The third-order valence-corrected chi connectivity index (χ3v) is 6.74. The van der Waals surface area contributed by atoms with Crippen LogP contribution < -0.4 is 5.73 Å². The molecule has 162 valence electrons. The first-order valence-corrected chi connectivity index (χ1v) is 11.6. The van der Waals surface area contributed by atoms with E-state index in [2.05, 4.69) is 29.8 Å². The lowest BCUT2D eigenvalue weighted by atomic mass is 9.94. The molecule has 1 aromatic carbocycles. The summed E-state index contributed by atoms with van der Waals surface area (Å²) in [6.45, 7) is 5.08. The lowest BCUT2D eigenvalue weighted by molar-refractivity contribution is 0.266. The van der Waals surface area contributed by atoms with Gasteiger partial charge in [-0.25, -0.2) is 0 Å². The molecule has 2 aliphatic rings. The summed E-state index contributed by atoms with van der Waals surface area (Å²) in [5, 5.41) is 15.1. The van der Waals surface area contributed by atoms with Gasteiger partial charge in [0.2, 0.25) is 0 Å². The van der Waals surface area contributed by atoms with E-state index < -0.39 is 0 Å². The average molecular weight is 482 g/mol. The molecule has 3 N–H and O–H groups in total. The Labute approximate surface area is 191 Å². The van der Waals surface area contributed by atoms with Crippen LogP contribution in [0.4, 0.5) is 5.69 Å². The Morgan fingerprint density at radius 1 is 1.10 bits per heavy atom. The predicted octanol–water partition coefficient (Wildman–Crippen LogP) is 6.04. The van der Waals surface area contributed by atoms with E-state index in [-0.39, 0.29) is 6.61 Å². The van der Waals surface area contributed by atoms with Gasteiger partial charge in [0.1, 0.15) is 0 Å². The number of nitrogens with zero attached hydrogens (tertiary/aromatic N) is 2. The van der Waals surface area contributed by atoms with E-state index >= 15 is 0 Å². The molecule has 0 saturated carbocycles. The topological polar surface area (TPSA) is 77.2 Å². The Kier molecular flexibility index (Phi) is 6.49. The summed E-state index contributed by atoms with van der Waals surface area (Å²) in [6.07, 6.45) is 7.08. The normalized spacial score (nSPS) is 11.5. The zero-order valence-electron chi connectivity index (χ0n) is 18.0. The quantitative estimate of drug-likeness (QED) is 0.300. The van der Waals surface area contributed by atoms with Gasteiger partial charge in [-0.3, -0.25) is 4.68 Å². The van der Waals surface area contributed by atoms with Crippen LogP contribution in [0, 0.1) is 0 Å². The van der Waals surface area contributed by atoms with Crippen LogP contribution in [-0.2, 0) is 26.0 Å². The van der Waals surface area contributed by atoms with Gasteiger partial charge in [0.25, 0.3) is 0 Å². The monoisotopic (exact) mass is 481 g/mol. The number of nitrogens with two attached hydrogens (primary N) is 1. The lowest BCUT2D eigenvalue weighted by Crippen LogP contribution is -2.06. The second-order valence-corrected chi connectivity index (χ2v) is 8.57. The summed E-state index contributed by atoms with van der Waals surface area (Å²) in [4.78, 5) is 0. The fourth-order valence-corrected chi connectivity index (χ4v) is 5.08. The number of benzene rings is 1. The second kappa shape index (κ2) is 9.28. The standard InChI is InChI=1S/C25H28BrN3O2/c1-3-5-11-29-23(14-30)19(22(4-2)28-29)13-18-16-10-12-31-15-20(16)25(26)24(18)17-8-6-7-9-21(17)27/h6-10,12,15,30H,3-5,11,13-14,27H2,1-2H3. The molecule has 2 heterocycles. The van der Waals surface area contributed by atoms with Crippen molar-refractivity contribution < 1.29 is 9.52 Å². The van der Waals surface area contributed by atoms with Crippen molar-refractivity contribution in [1.82, 2.24) is 9.78 Å². The van der Waals surface area contributed by atoms with Crippen LogP contribution in [0.15, 0.2) is 51.7 Å². The molecule has 0 unspecified atom stereocenters. The Hall–Kier alpha value is -2.57. The summed E-state index contributed by atoms with van der Waals surface area (Å²) in [7, 11) is 0. The van der Waals surface area contributed by atoms with Crippen molar-refractivity contribution >= 4 is 21.6 Å². The Morgan fingerprint density at radius 2 is 1.90 bits per heavy atom. The van der Waals surface area contributed by atoms with Crippen molar-refractivity contribution in [3.8, 4) is 22.3 Å². The van der Waals surface area contributed by atoms with E-state index in [1.165, 1.54) is 0 Å². The summed E-state index contributed by atoms with van der Waals surface area (Å²) >= 11 is 3.81. The SMILES string of the molecule is CCCCn1nc(CC)c(Cc2c3ccocc-3c(Br)c2-c2ccccc2N)c1CO. The largest absolute Gasteiger partial charge is 0.472 e. The maximum atomic E-state index is 10.2. The third kappa shape index (κ3) is 3.90. The van der Waals surface area contributed by atoms with Crippen molar-refractivity contribution in [3.05, 3.63) is 69.8 Å². The molecule has 0 radical (unpaired) electrons. The number of anilines is 1. The summed E-state index contributed by atoms with van der Waals surface area (Å²) < 4.78 is 8.44. The minimum Gasteiger partial charge on any atom is -0.472 e. The highest BCUT2D eigenvalue weighted by Gasteiger charge is 2.27. The van der Waals surface area contributed by atoms with Gasteiger partial charge in [0.15, 0.2) is 0 Å². The molecule has 0 atom stereocenters. The second-order valence-electron chi connectivity index (χ2n) is 7.78. The number of unbranched alkanes of at least 4 members (excludes halogenated alkanes) is 1. The lowest BCUT2D eigenvalue weighted by Gasteiger charge is -2.12. The van der Waals surface area contributed by atoms with Crippen molar-refractivity contribution in [2.24, 2.45) is 0 Å². The number of halogens is 1. The number of aliphatic hydroxyl groups excluding tert-OH is 1. The molecule has 0 fully saturated rings. The molecule has 0 saturated heterocycles. The van der Waals surface area contributed by atoms with Crippen LogP contribution in [0.1, 0.15) is 49.2 Å². The zero-order valence-corrected chi connectivity index (χ0v) is 19.6. The van der Waals surface area contributed by atoms with Crippen molar-refractivity contribution in [2.75, 3.05) is 5.73 Å². The van der Waals surface area contributed by atoms with Crippen molar-refractivity contribution in [1.29, 1.82) is 0 Å². The highest BCUT2D eigenvalue weighted by molar-refractivity contribution is 9.10. The first-order valence-electron chi connectivity index (χ1n) is 10.8. The van der Waals surface area contributed by atoms with E-state index in [1.807, 2.05) is 35.0 Å². The van der Waals surface area contributed by atoms with Crippen LogP contribution in [0.5, 0.6) is 0 Å². The molecule has 5 nitrogen and oxygen atoms in total. The molecule has 31 heavy (non-hydrogen) atoms. The summed E-state index contributed by atoms with van der Waals surface area (Å²) in [6, 6.07) is 9.93. The summed E-state index contributed by atoms with van der Waals surface area (Å²) in [5.74, 6) is 0. The van der Waals surface area contributed by atoms with Gasteiger partial charge in [0.05, 0.1) is 30.5 Å². The minimum absolute atomic E-state index is 0.0238. The number of nitrogen functional groups attached to an aromatic ring is 1. The fraction of sp³-hybridized carbons (Fsp3) is 0.320.